The molecule has 52 heavy (non-hydrogen) atoms. The topological polar surface area (TPSA) is 222 Å². The third kappa shape index (κ3) is 4.22. The summed E-state index contributed by atoms with van der Waals surface area (Å²) in [6.07, 6.45) is -8.96. The van der Waals surface area contributed by atoms with Crippen LogP contribution in [0.5, 0.6) is 0 Å². The predicted molar refractivity (Wildman–Crippen MR) is 172 cm³/mol. The highest BCUT2D eigenvalue weighted by Gasteiger charge is 2.93. The predicted octanol–water partition coefficient (Wildman–Crippen LogP) is 0.853. The first-order chi connectivity index (χ1) is 24.0. The highest BCUT2D eigenvalue weighted by Crippen LogP contribution is 2.81. The summed E-state index contributed by atoms with van der Waals surface area (Å²) >= 11 is 0. The Morgan fingerprint density at radius 1 is 0.731 bits per heavy atom. The molecule has 2 heterocycles. The molecule has 0 radical (unpaired) electrons. The fourth-order valence-electron chi connectivity index (χ4n) is 13.2. The molecule has 0 aromatic carbocycles. The van der Waals surface area contributed by atoms with E-state index < -0.39 is 153 Å². The van der Waals surface area contributed by atoms with Gasteiger partial charge in [0.1, 0.15) is 36.6 Å². The van der Waals surface area contributed by atoms with Crippen LogP contribution >= 0.6 is 0 Å². The molecule has 7 aliphatic rings. The summed E-state index contributed by atoms with van der Waals surface area (Å²) in [5.41, 5.74) is -6.69. The number of carbonyl (C=O) groups is 6. The molecule has 0 bridgehead atoms. The van der Waals surface area contributed by atoms with Crippen LogP contribution < -0.4 is 0 Å². The molecular formula is C37H50O15. The Bertz CT molecular complexity index is 1640. The molecule has 0 unspecified atom stereocenters. The third-order valence-electron chi connectivity index (χ3n) is 15.1. The molecule has 5 saturated carbocycles. The number of aliphatic hydroxyl groups is 3. The zero-order chi connectivity index (χ0) is 38.6. The molecule has 2 saturated heterocycles. The summed E-state index contributed by atoms with van der Waals surface area (Å²) in [5.74, 6) is -13.3. The molecule has 20 atom stereocenters. The van der Waals surface area contributed by atoms with Crippen molar-refractivity contribution in [1.29, 1.82) is 0 Å². The van der Waals surface area contributed by atoms with Gasteiger partial charge < -0.3 is 43.7 Å². The van der Waals surface area contributed by atoms with Gasteiger partial charge in [-0.1, -0.05) is 27.7 Å². The molecule has 288 valence electrons. The van der Waals surface area contributed by atoms with Gasteiger partial charge in [-0.15, -0.1) is 0 Å². The van der Waals surface area contributed by atoms with Gasteiger partial charge in [0.2, 0.25) is 5.79 Å². The van der Waals surface area contributed by atoms with E-state index in [9.17, 15) is 44.1 Å². The number of carbonyl (C=O) groups excluding carboxylic acids is 6. The smallest absolute Gasteiger partial charge is 0.341 e. The minimum atomic E-state index is -2.18. The fourth-order valence-corrected chi connectivity index (χ4v) is 13.2. The summed E-state index contributed by atoms with van der Waals surface area (Å²) in [5, 5.41) is 36.1. The van der Waals surface area contributed by atoms with Crippen LogP contribution in [0.25, 0.3) is 0 Å². The number of fused-ring (bicyclic) bond motifs is 8. The monoisotopic (exact) mass is 734 g/mol. The highest BCUT2D eigenvalue weighted by molar-refractivity contribution is 5.88. The van der Waals surface area contributed by atoms with Crippen LogP contribution in [0, 0.1) is 63.6 Å². The van der Waals surface area contributed by atoms with Gasteiger partial charge in [-0.3, -0.25) is 24.0 Å². The number of ether oxygens (including phenoxy) is 6. The largest absolute Gasteiger partial charge is 0.462 e. The van der Waals surface area contributed by atoms with Crippen LogP contribution in [0.4, 0.5) is 0 Å². The first kappa shape index (κ1) is 37.2. The van der Waals surface area contributed by atoms with Crippen molar-refractivity contribution < 1.29 is 72.5 Å². The summed E-state index contributed by atoms with van der Waals surface area (Å²) in [7, 11) is 0. The lowest BCUT2D eigenvalue weighted by Crippen LogP contribution is -2.75. The lowest BCUT2D eigenvalue weighted by molar-refractivity contribution is -0.285. The van der Waals surface area contributed by atoms with Crippen molar-refractivity contribution in [3.05, 3.63) is 0 Å². The summed E-state index contributed by atoms with van der Waals surface area (Å²) in [6, 6.07) is 0. The summed E-state index contributed by atoms with van der Waals surface area (Å²) < 4.78 is 36.6. The van der Waals surface area contributed by atoms with Gasteiger partial charge in [-0.25, -0.2) is 4.79 Å². The third-order valence-corrected chi connectivity index (χ3v) is 15.1. The minimum absolute atomic E-state index is 0.0963. The van der Waals surface area contributed by atoms with Gasteiger partial charge >= 0.3 is 29.8 Å². The molecule has 5 aliphatic carbocycles. The second-order valence-electron chi connectivity index (χ2n) is 17.5. The molecule has 0 amide bonds. The number of hydrogen-bond donors (Lipinski definition) is 3. The average molecular weight is 735 g/mol. The second kappa shape index (κ2) is 11.2. The van der Waals surface area contributed by atoms with E-state index in [-0.39, 0.29) is 6.42 Å². The highest BCUT2D eigenvalue weighted by atomic mass is 16.8. The molecule has 0 aromatic rings. The number of hydrogen-bond acceptors (Lipinski definition) is 15. The van der Waals surface area contributed by atoms with Crippen LogP contribution in [0.2, 0.25) is 0 Å². The minimum Gasteiger partial charge on any atom is -0.462 e. The Balaban J connectivity index is 1.55. The Labute approximate surface area is 301 Å². The molecule has 1 spiro atoms. The molecule has 7 rings (SSSR count). The van der Waals surface area contributed by atoms with Crippen molar-refractivity contribution in [2.45, 2.75) is 130 Å². The van der Waals surface area contributed by atoms with Crippen molar-refractivity contribution in [2.75, 3.05) is 0 Å². The number of esters is 5. The first-order valence-electron chi connectivity index (χ1n) is 18.2. The molecule has 15 nitrogen and oxygen atoms in total. The molecule has 2 aliphatic heterocycles. The Morgan fingerprint density at radius 3 is 1.81 bits per heavy atom. The molecule has 15 heteroatoms. The van der Waals surface area contributed by atoms with Crippen molar-refractivity contribution in [2.24, 2.45) is 63.6 Å². The van der Waals surface area contributed by atoms with Gasteiger partial charge in [0.15, 0.2) is 11.4 Å². The second-order valence-corrected chi connectivity index (χ2v) is 17.5. The summed E-state index contributed by atoms with van der Waals surface area (Å²) in [4.78, 5) is 80.3. The lowest BCUT2D eigenvalue weighted by atomic mass is 9.40. The van der Waals surface area contributed by atoms with E-state index in [1.807, 2.05) is 6.92 Å². The fraction of sp³-hybridized carbons (Fsp3) is 0.838. The van der Waals surface area contributed by atoms with E-state index in [0.29, 0.717) is 0 Å². The number of Topliss-reactive ketones (excluding diaryl/α,β-unsaturated/α-hetero) is 1. The van der Waals surface area contributed by atoms with Crippen molar-refractivity contribution in [3.8, 4) is 0 Å². The molecule has 0 aromatic heterocycles. The van der Waals surface area contributed by atoms with Gasteiger partial charge in [0.05, 0.1) is 11.5 Å². The van der Waals surface area contributed by atoms with E-state index >= 15 is 0 Å². The van der Waals surface area contributed by atoms with E-state index in [4.69, 9.17) is 28.4 Å². The standard InChI is InChI=1S/C37H50O15/c1-12-11-18-25(43)26(44)19-21-27(47-14(3)38)23-20(13(2)29-37(51-29)35(23,9)36(10,46)32(45)52-37)34(21,8)31(50-17(6)41)28(48-15(4)39)22(19)33(18,7)30(24(12)42)49-16(5)40/h12-13,18-24,26-31,42,44,46H,11H2,1-10H3/t12-,13-,18+,19-,20-,21+,22+,23-,24+,26+,27+,28-,29+,30-,31-,33-,34+,35-,36+,37-/m0/s1. The number of ketones is 1. The van der Waals surface area contributed by atoms with Crippen molar-refractivity contribution >= 4 is 35.6 Å². The Morgan fingerprint density at radius 2 is 1.25 bits per heavy atom. The quantitative estimate of drug-likeness (QED) is 0.207. The maximum atomic E-state index is 14.6. The van der Waals surface area contributed by atoms with Crippen LogP contribution in [0.15, 0.2) is 0 Å². The van der Waals surface area contributed by atoms with Gasteiger partial charge in [0.25, 0.3) is 0 Å². The maximum Gasteiger partial charge on any atom is 0.341 e. The molecule has 7 fully saturated rings. The number of rotatable bonds is 4. The van der Waals surface area contributed by atoms with Crippen molar-refractivity contribution in [3.63, 3.8) is 0 Å². The van der Waals surface area contributed by atoms with Crippen molar-refractivity contribution in [1.82, 2.24) is 0 Å². The zero-order valence-corrected chi connectivity index (χ0v) is 31.1. The average Bonchev–Trinajstić information content (AvgIpc) is 3.67. The molecule has 3 N–H and O–H groups in total. The SMILES string of the molecule is CC(=O)O[C@@H]1[C@H]2[C@H]3[C@H]([C@H](OC(C)=O)[C@H](OC(C)=O)[C@]2(C)[C@H]2[C@H](C)[C@H]4O[C@]45OC(=O)[C@@](C)(O)[C@]5(C)[C@H]12)[C@]1(C)[C@H](C[C@H](C)[C@@H](O)[C@@H]1OC(C)=O)C(=O)[C@@H]3O. The zero-order valence-electron chi connectivity index (χ0n) is 31.1. The number of epoxide rings is 1. The van der Waals surface area contributed by atoms with Gasteiger partial charge in [0, 0.05) is 68.1 Å². The normalized spacial score (nSPS) is 55.2. The van der Waals surface area contributed by atoms with Crippen LogP contribution in [0.3, 0.4) is 0 Å². The summed E-state index contributed by atoms with van der Waals surface area (Å²) in [6.45, 7) is 14.7. The lowest BCUT2D eigenvalue weighted by Gasteiger charge is -2.66. The number of aliphatic hydroxyl groups excluding tert-OH is 2. The maximum absolute atomic E-state index is 14.6. The van der Waals surface area contributed by atoms with Gasteiger partial charge in [-0.2, -0.15) is 0 Å². The van der Waals surface area contributed by atoms with E-state index in [0.717, 1.165) is 0 Å². The van der Waals surface area contributed by atoms with E-state index in [2.05, 4.69) is 0 Å². The molecular weight excluding hydrogens is 684 g/mol. The van der Waals surface area contributed by atoms with E-state index in [1.54, 1.807) is 27.7 Å². The van der Waals surface area contributed by atoms with Crippen LogP contribution in [0.1, 0.15) is 75.7 Å². The Kier molecular flexibility index (Phi) is 8.01. The van der Waals surface area contributed by atoms with Gasteiger partial charge in [-0.05, 0) is 38.0 Å². The Hall–Kier alpha value is -3.14. The van der Waals surface area contributed by atoms with E-state index in [1.165, 1.54) is 34.6 Å². The van der Waals surface area contributed by atoms with Crippen LogP contribution in [-0.4, -0.2) is 105 Å². The first-order valence-corrected chi connectivity index (χ1v) is 18.2. The van der Waals surface area contributed by atoms with Crippen LogP contribution in [-0.2, 0) is 57.2 Å².